The van der Waals surface area contributed by atoms with E-state index in [1.54, 1.807) is 28.6 Å². The number of aromatic nitrogens is 2. The summed E-state index contributed by atoms with van der Waals surface area (Å²) in [6.45, 7) is 2.92. The van der Waals surface area contributed by atoms with Gasteiger partial charge in [0.25, 0.3) is 0 Å². The predicted molar refractivity (Wildman–Crippen MR) is 96.2 cm³/mol. The lowest BCUT2D eigenvalue weighted by Gasteiger charge is -2.39. The van der Waals surface area contributed by atoms with E-state index < -0.39 is 10.0 Å². The van der Waals surface area contributed by atoms with Gasteiger partial charge in [0.1, 0.15) is 5.82 Å². The fourth-order valence-corrected chi connectivity index (χ4v) is 5.77. The van der Waals surface area contributed by atoms with Gasteiger partial charge in [0.15, 0.2) is 0 Å². The Kier molecular flexibility index (Phi) is 4.09. The lowest BCUT2D eigenvalue weighted by atomic mass is 9.78. The summed E-state index contributed by atoms with van der Waals surface area (Å²) in [7, 11) is -3.52. The number of benzene rings is 1. The van der Waals surface area contributed by atoms with Gasteiger partial charge in [-0.15, -0.1) is 0 Å². The molecule has 1 spiro atoms. The normalized spacial score (nSPS) is 23.8. The van der Waals surface area contributed by atoms with Crippen molar-refractivity contribution in [2.24, 2.45) is 0 Å². The van der Waals surface area contributed by atoms with Crippen LogP contribution in [0.15, 0.2) is 35.4 Å². The Morgan fingerprint density at radius 3 is 2.72 bits per heavy atom. The fourth-order valence-electron chi connectivity index (χ4n) is 4.08. The van der Waals surface area contributed by atoms with E-state index in [1.165, 1.54) is 0 Å². The average Bonchev–Trinajstić information content (AvgIpc) is 2.93. The summed E-state index contributed by atoms with van der Waals surface area (Å²) < 4.78 is 27.8. The van der Waals surface area contributed by atoms with Crippen LogP contribution in [0, 0.1) is 6.92 Å². The van der Waals surface area contributed by atoms with Crippen LogP contribution >= 0.6 is 11.6 Å². The van der Waals surface area contributed by atoms with Gasteiger partial charge in [0.05, 0.1) is 10.6 Å². The molecule has 4 rings (SSSR count). The van der Waals surface area contributed by atoms with Crippen LogP contribution in [0.25, 0.3) is 0 Å². The molecule has 5 nitrogen and oxygen atoms in total. The molecule has 2 heterocycles. The van der Waals surface area contributed by atoms with Crippen LogP contribution in [0.1, 0.15) is 36.3 Å². The van der Waals surface area contributed by atoms with Crippen molar-refractivity contribution >= 4 is 21.6 Å². The molecule has 0 amide bonds. The Balaban J connectivity index is 1.69. The molecule has 0 radical (unpaired) electrons. The Hall–Kier alpha value is -1.50. The third kappa shape index (κ3) is 2.86. The maximum absolute atomic E-state index is 13.1. The van der Waals surface area contributed by atoms with Crippen LogP contribution in [-0.4, -0.2) is 35.8 Å². The van der Waals surface area contributed by atoms with Gasteiger partial charge in [-0.2, -0.15) is 4.31 Å². The molecule has 1 fully saturated rings. The highest BCUT2D eigenvalue weighted by Gasteiger charge is 2.46. The molecule has 1 aromatic carbocycles. The molecule has 1 aliphatic heterocycles. The van der Waals surface area contributed by atoms with Crippen molar-refractivity contribution in [1.29, 1.82) is 0 Å². The first-order chi connectivity index (χ1) is 11.9. The molecule has 1 unspecified atom stereocenters. The number of rotatable bonds is 2. The number of sulfonamides is 1. The largest absolute Gasteiger partial charge is 0.243 e. The van der Waals surface area contributed by atoms with Crippen LogP contribution in [0.4, 0.5) is 0 Å². The molecule has 1 saturated heterocycles. The molecule has 25 heavy (non-hydrogen) atoms. The van der Waals surface area contributed by atoms with Crippen molar-refractivity contribution in [2.45, 2.75) is 42.9 Å². The van der Waals surface area contributed by atoms with Gasteiger partial charge >= 0.3 is 0 Å². The second-order valence-electron chi connectivity index (χ2n) is 6.97. The molecule has 7 heteroatoms. The quantitative estimate of drug-likeness (QED) is 0.806. The van der Waals surface area contributed by atoms with E-state index in [4.69, 9.17) is 11.6 Å². The van der Waals surface area contributed by atoms with Crippen LogP contribution in [-0.2, 0) is 21.9 Å². The summed E-state index contributed by atoms with van der Waals surface area (Å²) in [6.07, 6.45) is 5.58. The minimum atomic E-state index is -3.52. The molecule has 2 aromatic rings. The van der Waals surface area contributed by atoms with E-state index in [9.17, 15) is 8.42 Å². The van der Waals surface area contributed by atoms with Crippen LogP contribution < -0.4 is 0 Å². The molecule has 1 aliphatic carbocycles. The summed E-state index contributed by atoms with van der Waals surface area (Å²) in [4.78, 5) is 9.28. The third-order valence-corrected chi connectivity index (χ3v) is 7.46. The Morgan fingerprint density at radius 2 is 1.96 bits per heavy atom. The summed E-state index contributed by atoms with van der Waals surface area (Å²) in [6, 6.07) is 6.40. The van der Waals surface area contributed by atoms with E-state index >= 15 is 0 Å². The zero-order valence-corrected chi connectivity index (χ0v) is 15.6. The molecule has 132 valence electrons. The summed E-state index contributed by atoms with van der Waals surface area (Å²) in [5.41, 5.74) is 2.04. The molecule has 1 aromatic heterocycles. The lowest BCUT2D eigenvalue weighted by molar-refractivity contribution is 0.219. The van der Waals surface area contributed by atoms with Gasteiger partial charge in [0, 0.05) is 29.7 Å². The van der Waals surface area contributed by atoms with Gasteiger partial charge in [-0.3, -0.25) is 0 Å². The molecule has 2 aliphatic rings. The van der Waals surface area contributed by atoms with Crippen molar-refractivity contribution in [3.05, 3.63) is 52.6 Å². The predicted octanol–water partition coefficient (Wildman–Crippen LogP) is 3.11. The molecular weight excluding hydrogens is 358 g/mol. The zero-order chi connectivity index (χ0) is 17.7. The maximum atomic E-state index is 13.1. The minimum Gasteiger partial charge on any atom is -0.241 e. The molecule has 0 bridgehead atoms. The third-order valence-electron chi connectivity index (χ3n) is 5.35. The van der Waals surface area contributed by atoms with Crippen molar-refractivity contribution in [3.63, 3.8) is 0 Å². The van der Waals surface area contributed by atoms with Gasteiger partial charge in [-0.25, -0.2) is 18.4 Å². The van der Waals surface area contributed by atoms with E-state index in [0.29, 0.717) is 23.0 Å². The number of nitrogens with zero attached hydrogens (tertiary/aromatic N) is 3. The van der Waals surface area contributed by atoms with Crippen LogP contribution in [0.5, 0.6) is 0 Å². The van der Waals surface area contributed by atoms with Gasteiger partial charge in [-0.05, 0) is 62.4 Å². The molecule has 1 atom stereocenters. The molecular formula is C18H20ClN3O2S. The van der Waals surface area contributed by atoms with Crippen LogP contribution in [0.2, 0.25) is 5.02 Å². The zero-order valence-electron chi connectivity index (χ0n) is 14.1. The van der Waals surface area contributed by atoms with Crippen molar-refractivity contribution in [3.8, 4) is 0 Å². The van der Waals surface area contributed by atoms with Gasteiger partial charge in [-0.1, -0.05) is 11.6 Å². The highest BCUT2D eigenvalue weighted by atomic mass is 35.5. The first-order valence-corrected chi connectivity index (χ1v) is 10.3. The van der Waals surface area contributed by atoms with E-state index in [-0.39, 0.29) is 5.41 Å². The number of aryl methyl sites for hydroxylation is 2. The van der Waals surface area contributed by atoms with E-state index in [2.05, 4.69) is 9.97 Å². The lowest BCUT2D eigenvalue weighted by Crippen LogP contribution is -2.47. The molecule has 0 N–H and O–H groups in total. The number of halogens is 1. The monoisotopic (exact) mass is 377 g/mol. The van der Waals surface area contributed by atoms with Crippen LogP contribution in [0.3, 0.4) is 0 Å². The average molecular weight is 378 g/mol. The highest BCUT2D eigenvalue weighted by Crippen LogP contribution is 2.44. The summed E-state index contributed by atoms with van der Waals surface area (Å²) in [5.74, 6) is 0.748. The Bertz CT molecular complexity index is 910. The minimum absolute atomic E-state index is 0.180. The Morgan fingerprint density at radius 1 is 1.20 bits per heavy atom. The summed E-state index contributed by atoms with van der Waals surface area (Å²) in [5, 5.41) is 0.533. The van der Waals surface area contributed by atoms with Gasteiger partial charge < -0.3 is 0 Å². The van der Waals surface area contributed by atoms with Crippen molar-refractivity contribution < 1.29 is 8.42 Å². The Labute approximate surface area is 153 Å². The number of fused-ring (bicyclic) bond motifs is 2. The highest BCUT2D eigenvalue weighted by molar-refractivity contribution is 7.89. The smallest absolute Gasteiger partial charge is 0.241 e. The van der Waals surface area contributed by atoms with Gasteiger partial charge in [0.2, 0.25) is 10.0 Å². The fraction of sp³-hybridized carbons (Fsp3) is 0.444. The molecule has 0 saturated carbocycles. The topological polar surface area (TPSA) is 63.2 Å². The SMILES string of the molecule is Cc1ncc2c(n1)C1(CCCN(S(=O)(=O)c3ccc(Cl)cc3)C1)CC2. The maximum Gasteiger partial charge on any atom is 0.243 e. The van der Waals surface area contributed by atoms with Crippen molar-refractivity contribution in [1.82, 2.24) is 14.3 Å². The summed E-state index contributed by atoms with van der Waals surface area (Å²) >= 11 is 5.89. The first kappa shape index (κ1) is 16.9. The number of piperidine rings is 1. The second kappa shape index (κ2) is 6.04. The van der Waals surface area contributed by atoms with Crippen molar-refractivity contribution in [2.75, 3.05) is 13.1 Å². The van der Waals surface area contributed by atoms with E-state index in [1.807, 2.05) is 13.1 Å². The standard InChI is InChI=1S/C18H20ClN3O2S/c1-13-20-11-14-7-9-18(17(14)21-13)8-2-10-22(12-18)25(23,24)16-5-3-15(19)4-6-16/h3-6,11H,2,7-10,12H2,1H3. The second-order valence-corrected chi connectivity index (χ2v) is 9.34. The van der Waals surface area contributed by atoms with E-state index in [0.717, 1.165) is 42.8 Å². The number of hydrogen-bond donors (Lipinski definition) is 0. The number of hydrogen-bond acceptors (Lipinski definition) is 4. The first-order valence-electron chi connectivity index (χ1n) is 8.49.